The van der Waals surface area contributed by atoms with Gasteiger partial charge in [-0.15, -0.1) is 0 Å². The average molecular weight is 351 g/mol. The van der Waals surface area contributed by atoms with Gasteiger partial charge in [-0.3, -0.25) is 14.9 Å². The van der Waals surface area contributed by atoms with Crippen LogP contribution in [0.4, 0.5) is 5.69 Å². The van der Waals surface area contributed by atoms with Gasteiger partial charge < -0.3 is 19.5 Å². The first-order chi connectivity index (χ1) is 11.9. The Morgan fingerprint density at radius 3 is 2.64 bits per heavy atom. The molecule has 0 aliphatic heterocycles. The minimum atomic E-state index is -1.05. The van der Waals surface area contributed by atoms with E-state index in [9.17, 15) is 19.7 Å². The number of carbonyl (C=O) groups excluding carboxylic acids is 2. The molecule has 1 aromatic carbocycles. The molecule has 0 atom stereocenters. The summed E-state index contributed by atoms with van der Waals surface area (Å²) >= 11 is 0. The zero-order valence-electron chi connectivity index (χ0n) is 13.7. The van der Waals surface area contributed by atoms with Crippen LogP contribution in [0.3, 0.4) is 0 Å². The first-order valence-electron chi connectivity index (χ1n) is 7.24. The van der Waals surface area contributed by atoms with Crippen LogP contribution in [0.1, 0.15) is 23.7 Å². The molecule has 0 aliphatic rings. The number of amides is 1. The minimum Gasteiger partial charge on any atom is -0.493 e. The third-order valence-electron chi connectivity index (χ3n) is 2.89. The lowest BCUT2D eigenvalue weighted by molar-refractivity contribution is -0.385. The zero-order chi connectivity index (χ0) is 18.8. The van der Waals surface area contributed by atoms with Crippen molar-refractivity contribution in [2.24, 2.45) is 0 Å². The van der Waals surface area contributed by atoms with E-state index in [-0.39, 0.29) is 36.6 Å². The Morgan fingerprint density at radius 1 is 1.36 bits per heavy atom. The molecule has 1 N–H and O–H groups in total. The highest BCUT2D eigenvalue weighted by molar-refractivity contribution is 5.96. The molecule has 0 saturated heterocycles. The molecule has 134 valence electrons. The van der Waals surface area contributed by atoms with Gasteiger partial charge in [-0.05, 0) is 6.92 Å². The summed E-state index contributed by atoms with van der Waals surface area (Å²) in [4.78, 5) is 34.0. The number of methoxy groups -OCH3 is 1. The van der Waals surface area contributed by atoms with E-state index in [1.54, 1.807) is 6.92 Å². The van der Waals surface area contributed by atoms with Crippen LogP contribution >= 0.6 is 0 Å². The molecule has 1 amide bonds. The van der Waals surface area contributed by atoms with Gasteiger partial charge >= 0.3 is 5.97 Å². The molecular formula is C15H17N3O7. The highest BCUT2D eigenvalue weighted by Crippen LogP contribution is 2.35. The number of nitriles is 1. The number of nitrogens with one attached hydrogen (secondary N) is 1. The number of nitrogens with zero attached hydrogens (tertiary/aromatic N) is 2. The lowest BCUT2D eigenvalue weighted by Gasteiger charge is -2.11. The lowest BCUT2D eigenvalue weighted by atomic mass is 10.1. The molecule has 0 radical (unpaired) electrons. The van der Waals surface area contributed by atoms with Crippen molar-refractivity contribution in [3.63, 3.8) is 0 Å². The van der Waals surface area contributed by atoms with Crippen molar-refractivity contribution in [1.29, 1.82) is 5.26 Å². The fourth-order valence-corrected chi connectivity index (χ4v) is 1.81. The topological polar surface area (TPSA) is 141 Å². The van der Waals surface area contributed by atoms with Crippen LogP contribution in [0.25, 0.3) is 0 Å². The summed E-state index contributed by atoms with van der Waals surface area (Å²) in [6.45, 7) is 1.43. The van der Waals surface area contributed by atoms with Crippen molar-refractivity contribution < 1.29 is 28.7 Å². The number of ether oxygens (including phenoxy) is 3. The second-order valence-electron chi connectivity index (χ2n) is 4.54. The maximum atomic E-state index is 12.1. The van der Waals surface area contributed by atoms with Crippen molar-refractivity contribution >= 4 is 17.6 Å². The van der Waals surface area contributed by atoms with Crippen LogP contribution in [-0.4, -0.2) is 43.7 Å². The number of nitro benzene ring substituents is 1. The second kappa shape index (κ2) is 9.71. The maximum absolute atomic E-state index is 12.1. The van der Waals surface area contributed by atoms with Gasteiger partial charge in [-0.2, -0.15) is 5.26 Å². The molecule has 0 aromatic heterocycles. The molecule has 0 unspecified atom stereocenters. The van der Waals surface area contributed by atoms with E-state index >= 15 is 0 Å². The molecule has 10 nitrogen and oxygen atoms in total. The van der Waals surface area contributed by atoms with Crippen LogP contribution in [0.2, 0.25) is 0 Å². The van der Waals surface area contributed by atoms with Gasteiger partial charge in [0, 0.05) is 12.6 Å². The third-order valence-corrected chi connectivity index (χ3v) is 2.89. The standard InChI is InChI=1S/C15H17N3O7/c1-3-24-13-8-11(18(21)22)10(7-12(13)23-2)15(20)25-9-14(19)17-6-4-5-16/h7-8H,3-4,6,9H2,1-2H3,(H,17,19). The predicted octanol–water partition coefficient (Wildman–Crippen LogP) is 1.19. The van der Waals surface area contributed by atoms with E-state index in [1.807, 2.05) is 6.07 Å². The first kappa shape index (κ1) is 19.7. The van der Waals surface area contributed by atoms with E-state index in [4.69, 9.17) is 19.5 Å². The van der Waals surface area contributed by atoms with Crippen LogP contribution in [0, 0.1) is 21.4 Å². The number of hydrogen-bond donors (Lipinski definition) is 1. The number of nitro groups is 1. The molecule has 0 aliphatic carbocycles. The molecule has 0 bridgehead atoms. The van der Waals surface area contributed by atoms with Gasteiger partial charge in [-0.1, -0.05) is 0 Å². The Labute approximate surface area is 143 Å². The highest BCUT2D eigenvalue weighted by Gasteiger charge is 2.26. The SMILES string of the molecule is CCOc1cc([N+](=O)[O-])c(C(=O)OCC(=O)NCCC#N)cc1OC. The molecule has 0 saturated carbocycles. The summed E-state index contributed by atoms with van der Waals surface area (Å²) in [7, 11) is 1.32. The van der Waals surface area contributed by atoms with E-state index in [0.29, 0.717) is 0 Å². The smallest absolute Gasteiger partial charge is 0.345 e. The zero-order valence-corrected chi connectivity index (χ0v) is 13.7. The Morgan fingerprint density at radius 2 is 2.08 bits per heavy atom. The summed E-state index contributed by atoms with van der Waals surface area (Å²) in [5, 5.41) is 21.9. The van der Waals surface area contributed by atoms with Gasteiger partial charge in [0.2, 0.25) is 0 Å². The Balaban J connectivity index is 2.94. The fourth-order valence-electron chi connectivity index (χ4n) is 1.81. The molecule has 0 spiro atoms. The van der Waals surface area contributed by atoms with Gasteiger partial charge in [0.25, 0.3) is 11.6 Å². The summed E-state index contributed by atoms with van der Waals surface area (Å²) < 4.78 is 15.1. The summed E-state index contributed by atoms with van der Waals surface area (Å²) in [6, 6.07) is 4.02. The fraction of sp³-hybridized carbons (Fsp3) is 0.400. The van der Waals surface area contributed by atoms with Crippen LogP contribution in [0.15, 0.2) is 12.1 Å². The number of benzene rings is 1. The molecule has 0 heterocycles. The first-order valence-corrected chi connectivity index (χ1v) is 7.24. The van der Waals surface area contributed by atoms with Crippen LogP contribution in [0.5, 0.6) is 11.5 Å². The predicted molar refractivity (Wildman–Crippen MR) is 84.3 cm³/mol. The normalized spacial score (nSPS) is 9.64. The number of carbonyl (C=O) groups is 2. The van der Waals surface area contributed by atoms with E-state index in [1.165, 1.54) is 7.11 Å². The molecular weight excluding hydrogens is 334 g/mol. The van der Waals surface area contributed by atoms with Crippen LogP contribution in [-0.2, 0) is 9.53 Å². The van der Waals surface area contributed by atoms with Crippen molar-refractivity contribution in [2.75, 3.05) is 26.9 Å². The average Bonchev–Trinajstić information content (AvgIpc) is 2.59. The second-order valence-corrected chi connectivity index (χ2v) is 4.54. The van der Waals surface area contributed by atoms with Crippen LogP contribution < -0.4 is 14.8 Å². The van der Waals surface area contributed by atoms with Gasteiger partial charge in [0.1, 0.15) is 5.56 Å². The maximum Gasteiger partial charge on any atom is 0.345 e. The largest absolute Gasteiger partial charge is 0.493 e. The van der Waals surface area contributed by atoms with E-state index in [2.05, 4.69) is 5.32 Å². The van der Waals surface area contributed by atoms with Crippen molar-refractivity contribution in [2.45, 2.75) is 13.3 Å². The number of esters is 1. The molecule has 25 heavy (non-hydrogen) atoms. The molecule has 10 heteroatoms. The molecule has 1 aromatic rings. The highest BCUT2D eigenvalue weighted by atomic mass is 16.6. The van der Waals surface area contributed by atoms with Gasteiger partial charge in [0.15, 0.2) is 18.1 Å². The van der Waals surface area contributed by atoms with E-state index < -0.39 is 29.1 Å². The summed E-state index contributed by atoms with van der Waals surface area (Å²) in [5.74, 6) is -1.44. The quantitative estimate of drug-likeness (QED) is 0.303. The monoisotopic (exact) mass is 351 g/mol. The summed E-state index contributed by atoms with van der Waals surface area (Å²) in [6.07, 6.45) is 0.112. The van der Waals surface area contributed by atoms with E-state index in [0.717, 1.165) is 12.1 Å². The summed E-state index contributed by atoms with van der Waals surface area (Å²) in [5.41, 5.74) is -0.894. The molecule has 1 rings (SSSR count). The molecule has 0 fully saturated rings. The Bertz CT molecular complexity index is 697. The lowest BCUT2D eigenvalue weighted by Crippen LogP contribution is -2.29. The van der Waals surface area contributed by atoms with Crippen molar-refractivity contribution in [3.8, 4) is 17.6 Å². The number of hydrogen-bond acceptors (Lipinski definition) is 8. The minimum absolute atomic E-state index is 0.112. The number of rotatable bonds is 9. The van der Waals surface area contributed by atoms with Crippen molar-refractivity contribution in [1.82, 2.24) is 5.32 Å². The Hall–Kier alpha value is -3.35. The van der Waals surface area contributed by atoms with Gasteiger partial charge in [0.05, 0.1) is 37.2 Å². The van der Waals surface area contributed by atoms with Gasteiger partial charge in [-0.25, -0.2) is 4.79 Å². The Kier molecular flexibility index (Phi) is 7.65. The third kappa shape index (κ3) is 5.65. The van der Waals surface area contributed by atoms with Crippen molar-refractivity contribution in [3.05, 3.63) is 27.8 Å².